The van der Waals surface area contributed by atoms with E-state index in [1.165, 1.54) is 0 Å². The van der Waals surface area contributed by atoms with E-state index in [0.717, 1.165) is 31.5 Å². The monoisotopic (exact) mass is 263 g/mol. The molecule has 0 radical (unpaired) electrons. The first-order valence-corrected chi connectivity index (χ1v) is 6.43. The molecule has 104 valence electrons. The highest BCUT2D eigenvalue weighted by molar-refractivity contribution is 5.93. The third-order valence-corrected chi connectivity index (χ3v) is 2.80. The second-order valence-corrected chi connectivity index (χ2v) is 4.38. The molecule has 19 heavy (non-hydrogen) atoms. The minimum atomic E-state index is -0.246. The number of benzene rings is 1. The highest BCUT2D eigenvalue weighted by Crippen LogP contribution is 2.04. The quantitative estimate of drug-likeness (QED) is 0.606. The van der Waals surface area contributed by atoms with Gasteiger partial charge in [0.2, 0.25) is 5.91 Å². The van der Waals surface area contributed by atoms with E-state index in [0.29, 0.717) is 12.0 Å². The number of rotatable bonds is 8. The van der Waals surface area contributed by atoms with Crippen LogP contribution in [0.3, 0.4) is 0 Å². The molecule has 0 spiro atoms. The zero-order valence-electron chi connectivity index (χ0n) is 11.2. The van der Waals surface area contributed by atoms with Crippen molar-refractivity contribution in [3.8, 4) is 0 Å². The summed E-state index contributed by atoms with van der Waals surface area (Å²) in [4.78, 5) is 21.9. The molecule has 0 atom stereocenters. The third kappa shape index (κ3) is 6.01. The van der Waals surface area contributed by atoms with Crippen molar-refractivity contribution in [3.05, 3.63) is 35.4 Å². The van der Waals surface area contributed by atoms with Gasteiger partial charge in [-0.1, -0.05) is 12.1 Å². The van der Waals surface area contributed by atoms with E-state index in [-0.39, 0.29) is 11.8 Å². The van der Waals surface area contributed by atoms with Gasteiger partial charge in [-0.05, 0) is 37.1 Å². The molecule has 0 saturated heterocycles. The molecule has 0 aliphatic carbocycles. The Morgan fingerprint density at radius 1 is 1.16 bits per heavy atom. The van der Waals surface area contributed by atoms with Gasteiger partial charge in [0.05, 0.1) is 0 Å². The zero-order valence-corrected chi connectivity index (χ0v) is 11.2. The molecule has 5 heteroatoms. The molecule has 0 aliphatic rings. The van der Waals surface area contributed by atoms with Gasteiger partial charge in [-0.15, -0.1) is 0 Å². The molecule has 4 N–H and O–H groups in total. The fraction of sp³-hybridized carbons (Fsp3) is 0.429. The Morgan fingerprint density at radius 3 is 2.42 bits per heavy atom. The lowest BCUT2D eigenvalue weighted by Crippen LogP contribution is -2.18. The predicted octanol–water partition coefficient (Wildman–Crippen LogP) is 0.791. The van der Waals surface area contributed by atoms with Gasteiger partial charge in [0.25, 0.3) is 5.91 Å². The van der Waals surface area contributed by atoms with E-state index in [1.54, 1.807) is 7.05 Å². The molecule has 2 amide bonds. The van der Waals surface area contributed by atoms with Crippen molar-refractivity contribution < 1.29 is 9.59 Å². The molecular formula is C14H21N3O2. The molecule has 0 aromatic heterocycles. The predicted molar refractivity (Wildman–Crippen MR) is 74.6 cm³/mol. The number of hydrogen-bond acceptors (Lipinski definition) is 3. The lowest BCUT2D eigenvalue weighted by atomic mass is 10.1. The normalized spacial score (nSPS) is 10.2. The summed E-state index contributed by atoms with van der Waals surface area (Å²) < 4.78 is 0. The molecule has 0 fully saturated rings. The minimum absolute atomic E-state index is 0.0778. The maximum Gasteiger partial charge on any atom is 0.251 e. The molecule has 0 heterocycles. The smallest absolute Gasteiger partial charge is 0.251 e. The average molecular weight is 263 g/mol. The lowest BCUT2D eigenvalue weighted by Gasteiger charge is -2.05. The number of carbonyl (C=O) groups is 2. The number of nitrogens with one attached hydrogen (secondary N) is 2. The summed E-state index contributed by atoms with van der Waals surface area (Å²) in [5.74, 6) is -0.323. The molecule has 0 bridgehead atoms. The molecule has 1 aromatic rings. The topological polar surface area (TPSA) is 84.2 Å². The van der Waals surface area contributed by atoms with Crippen molar-refractivity contribution in [1.29, 1.82) is 0 Å². The van der Waals surface area contributed by atoms with Crippen LogP contribution >= 0.6 is 0 Å². The molecule has 0 aliphatic heterocycles. The lowest BCUT2D eigenvalue weighted by molar-refractivity contribution is -0.118. The summed E-state index contributed by atoms with van der Waals surface area (Å²) in [6.45, 7) is 1.61. The van der Waals surface area contributed by atoms with Crippen LogP contribution in [0.4, 0.5) is 0 Å². The first-order chi connectivity index (χ1) is 9.13. The van der Waals surface area contributed by atoms with Gasteiger partial charge < -0.3 is 16.4 Å². The Hall–Kier alpha value is -1.88. The Kier molecular flexibility index (Phi) is 6.60. The van der Waals surface area contributed by atoms with Crippen LogP contribution in [0.5, 0.6) is 0 Å². The Bertz CT molecular complexity index is 415. The van der Waals surface area contributed by atoms with Gasteiger partial charge in [-0.25, -0.2) is 0 Å². The molecule has 5 nitrogen and oxygen atoms in total. The summed E-state index contributed by atoms with van der Waals surface area (Å²) in [6, 6.07) is 7.48. The average Bonchev–Trinajstić information content (AvgIpc) is 2.42. The van der Waals surface area contributed by atoms with Crippen molar-refractivity contribution in [1.82, 2.24) is 10.6 Å². The van der Waals surface area contributed by atoms with Gasteiger partial charge in [0.1, 0.15) is 0 Å². The number of hydrogen-bond donors (Lipinski definition) is 3. The van der Waals surface area contributed by atoms with Crippen LogP contribution in [0.25, 0.3) is 0 Å². The summed E-state index contributed by atoms with van der Waals surface area (Å²) in [7, 11) is 1.61. The Balaban J connectivity index is 2.23. The van der Waals surface area contributed by atoms with Crippen molar-refractivity contribution >= 4 is 11.8 Å². The first-order valence-electron chi connectivity index (χ1n) is 6.43. The van der Waals surface area contributed by atoms with Crippen LogP contribution in [-0.4, -0.2) is 25.4 Å². The molecule has 1 rings (SSSR count). The number of nitrogens with two attached hydrogens (primary N) is 1. The van der Waals surface area contributed by atoms with Crippen LogP contribution in [0.2, 0.25) is 0 Å². The van der Waals surface area contributed by atoms with Gasteiger partial charge in [0.15, 0.2) is 0 Å². The second kappa shape index (κ2) is 8.26. The van der Waals surface area contributed by atoms with Crippen molar-refractivity contribution in [3.63, 3.8) is 0 Å². The summed E-state index contributed by atoms with van der Waals surface area (Å²) >= 11 is 0. The fourth-order valence-electron chi connectivity index (χ4n) is 1.70. The second-order valence-electron chi connectivity index (χ2n) is 4.38. The van der Waals surface area contributed by atoms with Crippen LogP contribution < -0.4 is 16.4 Å². The minimum Gasteiger partial charge on any atom is -0.370 e. The molecule has 1 aromatic carbocycles. The summed E-state index contributed by atoms with van der Waals surface area (Å²) in [5, 5.41) is 5.87. The SMILES string of the molecule is CNC(=O)c1ccc(CNCCCCC(N)=O)cc1. The highest BCUT2D eigenvalue weighted by atomic mass is 16.1. The first kappa shape index (κ1) is 15.2. The summed E-state index contributed by atoms with van der Waals surface area (Å²) in [6.07, 6.45) is 2.19. The highest BCUT2D eigenvalue weighted by Gasteiger charge is 2.01. The van der Waals surface area contributed by atoms with E-state index in [1.807, 2.05) is 24.3 Å². The Morgan fingerprint density at radius 2 is 1.84 bits per heavy atom. The molecule has 0 unspecified atom stereocenters. The maximum absolute atomic E-state index is 11.3. The molecular weight excluding hydrogens is 242 g/mol. The van der Waals surface area contributed by atoms with Gasteiger partial charge in [0, 0.05) is 25.6 Å². The fourth-order valence-corrected chi connectivity index (χ4v) is 1.70. The van der Waals surface area contributed by atoms with E-state index in [9.17, 15) is 9.59 Å². The van der Waals surface area contributed by atoms with Crippen molar-refractivity contribution in [2.75, 3.05) is 13.6 Å². The van der Waals surface area contributed by atoms with Gasteiger partial charge in [-0.3, -0.25) is 9.59 Å². The van der Waals surface area contributed by atoms with Crippen LogP contribution in [0.15, 0.2) is 24.3 Å². The number of unbranched alkanes of at least 4 members (excludes halogenated alkanes) is 1. The third-order valence-electron chi connectivity index (χ3n) is 2.80. The van der Waals surface area contributed by atoms with Gasteiger partial charge in [-0.2, -0.15) is 0 Å². The van der Waals surface area contributed by atoms with E-state index in [2.05, 4.69) is 10.6 Å². The molecule has 0 saturated carbocycles. The van der Waals surface area contributed by atoms with E-state index >= 15 is 0 Å². The van der Waals surface area contributed by atoms with Gasteiger partial charge >= 0.3 is 0 Å². The largest absolute Gasteiger partial charge is 0.370 e. The van der Waals surface area contributed by atoms with Crippen LogP contribution in [0.1, 0.15) is 35.2 Å². The van der Waals surface area contributed by atoms with Crippen LogP contribution in [-0.2, 0) is 11.3 Å². The zero-order chi connectivity index (χ0) is 14.1. The number of carbonyl (C=O) groups excluding carboxylic acids is 2. The summed E-state index contributed by atoms with van der Waals surface area (Å²) in [5.41, 5.74) is 6.84. The van der Waals surface area contributed by atoms with Crippen LogP contribution in [0, 0.1) is 0 Å². The van der Waals surface area contributed by atoms with Crippen molar-refractivity contribution in [2.24, 2.45) is 5.73 Å². The standard InChI is InChI=1S/C14H21N3O2/c1-16-14(19)12-7-5-11(6-8-12)10-17-9-3-2-4-13(15)18/h5-8,17H,2-4,9-10H2,1H3,(H2,15,18)(H,16,19). The Labute approximate surface area is 113 Å². The van der Waals surface area contributed by atoms with E-state index < -0.39 is 0 Å². The van der Waals surface area contributed by atoms with Crippen molar-refractivity contribution in [2.45, 2.75) is 25.8 Å². The number of amides is 2. The maximum atomic E-state index is 11.3. The van der Waals surface area contributed by atoms with E-state index in [4.69, 9.17) is 5.73 Å². The number of primary amides is 1.